The smallest absolute Gasteiger partial charge is 0.308 e. The van der Waals surface area contributed by atoms with Crippen molar-refractivity contribution in [3.63, 3.8) is 0 Å². The Kier molecular flexibility index (Phi) is 8.65. The number of nitrogens with zero attached hydrogens (tertiary/aromatic N) is 3. The van der Waals surface area contributed by atoms with E-state index in [-0.39, 0.29) is 36.3 Å². The van der Waals surface area contributed by atoms with Crippen molar-refractivity contribution in [2.75, 3.05) is 0 Å². The van der Waals surface area contributed by atoms with Crippen molar-refractivity contribution >= 4 is 12.0 Å². The third-order valence-corrected chi connectivity index (χ3v) is 7.87. The van der Waals surface area contributed by atoms with Crippen LogP contribution >= 0.6 is 0 Å². The monoisotopic (exact) mass is 589 g/mol. The molecule has 1 aromatic carbocycles. The molecule has 2 atom stereocenters. The molecule has 8 heteroatoms. The largest absolute Gasteiger partial charge is 0.460 e. The summed E-state index contributed by atoms with van der Waals surface area (Å²) >= 11 is 0. The minimum atomic E-state index is -0.872. The molecule has 1 aliphatic heterocycles. The zero-order valence-electron chi connectivity index (χ0n) is 26.7. The van der Waals surface area contributed by atoms with Gasteiger partial charge in [0.25, 0.3) is 0 Å². The Morgan fingerprint density at radius 3 is 2.58 bits per heavy atom. The van der Waals surface area contributed by atoms with Gasteiger partial charge in [0.2, 0.25) is 0 Å². The van der Waals surface area contributed by atoms with Gasteiger partial charge in [-0.1, -0.05) is 38.1 Å². The molecule has 1 aliphatic carbocycles. The van der Waals surface area contributed by atoms with E-state index in [1.54, 1.807) is 0 Å². The highest BCUT2D eigenvalue weighted by Gasteiger charge is 2.36. The Bertz CT molecular complexity index is 1520. The molecular weight excluding hydrogens is 545 g/mol. The highest BCUT2D eigenvalue weighted by atomic mass is 19.1. The van der Waals surface area contributed by atoms with E-state index in [4.69, 9.17) is 19.2 Å². The summed E-state index contributed by atoms with van der Waals surface area (Å²) in [5, 5.41) is 4.56. The van der Waals surface area contributed by atoms with Crippen LogP contribution in [0.3, 0.4) is 0 Å². The van der Waals surface area contributed by atoms with Crippen LogP contribution in [0, 0.1) is 5.82 Å². The third kappa shape index (κ3) is 7.07. The first-order chi connectivity index (χ1) is 20.2. The second-order valence-corrected chi connectivity index (χ2v) is 13.4. The van der Waals surface area contributed by atoms with Crippen LogP contribution in [0.5, 0.6) is 0 Å². The maximum Gasteiger partial charge on any atom is 0.308 e. The molecule has 1 saturated heterocycles. The minimum absolute atomic E-state index is 0.125. The predicted octanol–water partition coefficient (Wildman–Crippen LogP) is 7.56. The Hall–Kier alpha value is -3.36. The lowest BCUT2D eigenvalue weighted by Gasteiger charge is -2.39. The summed E-state index contributed by atoms with van der Waals surface area (Å²) in [5.41, 5.74) is 7.78. The number of pyridine rings is 1. The fraction of sp³-hybridized carbons (Fsp3) is 0.514. The first-order valence-corrected chi connectivity index (χ1v) is 15.3. The number of hydrogen-bond donors (Lipinski definition) is 0. The molecule has 3 heterocycles. The topological polar surface area (TPSA) is 75.5 Å². The average molecular weight is 590 g/mol. The molecule has 5 rings (SSSR count). The van der Waals surface area contributed by atoms with E-state index in [1.807, 2.05) is 64.7 Å². The van der Waals surface area contributed by atoms with Crippen LogP contribution in [-0.2, 0) is 38.9 Å². The molecule has 2 aromatic heterocycles. The predicted molar refractivity (Wildman–Crippen MR) is 166 cm³/mol. The van der Waals surface area contributed by atoms with Gasteiger partial charge in [-0.05, 0) is 88.6 Å². The van der Waals surface area contributed by atoms with E-state index in [1.165, 1.54) is 17.8 Å². The molecule has 0 radical (unpaired) electrons. The molecule has 0 bridgehead atoms. The average Bonchev–Trinajstić information content (AvgIpc) is 3.14. The highest BCUT2D eigenvalue weighted by Crippen LogP contribution is 2.42. The first-order valence-electron chi connectivity index (χ1n) is 15.3. The summed E-state index contributed by atoms with van der Waals surface area (Å²) < 4.78 is 34.0. The molecule has 0 unspecified atom stereocenters. The van der Waals surface area contributed by atoms with Gasteiger partial charge in [-0.15, -0.1) is 0 Å². The van der Waals surface area contributed by atoms with Gasteiger partial charge in [0.1, 0.15) is 11.4 Å². The molecule has 3 aromatic rings. The lowest BCUT2D eigenvalue weighted by molar-refractivity contribution is -0.290. The van der Waals surface area contributed by atoms with Gasteiger partial charge >= 0.3 is 5.97 Å². The van der Waals surface area contributed by atoms with E-state index in [2.05, 4.69) is 31.1 Å². The zero-order chi connectivity index (χ0) is 31.1. The molecule has 7 nitrogen and oxygen atoms in total. The molecule has 230 valence electrons. The Balaban J connectivity index is 1.59. The molecule has 0 spiro atoms. The Morgan fingerprint density at radius 2 is 1.91 bits per heavy atom. The number of aromatic nitrogens is 3. The van der Waals surface area contributed by atoms with E-state index in [9.17, 15) is 9.18 Å². The van der Waals surface area contributed by atoms with Gasteiger partial charge in [0.05, 0.1) is 36.2 Å². The van der Waals surface area contributed by atoms with Crippen molar-refractivity contribution in [1.82, 2.24) is 14.8 Å². The molecule has 0 amide bonds. The van der Waals surface area contributed by atoms with Crippen LogP contribution in [-0.4, -0.2) is 44.3 Å². The number of carbonyl (C=O) groups excluding carboxylic acids is 1. The lowest BCUT2D eigenvalue weighted by Crippen LogP contribution is -2.45. The molecule has 0 saturated carbocycles. The summed E-state index contributed by atoms with van der Waals surface area (Å²) in [6, 6.07) is 6.74. The summed E-state index contributed by atoms with van der Waals surface area (Å²) in [6.45, 7) is 13.6. The van der Waals surface area contributed by atoms with Crippen LogP contribution in [0.15, 0.2) is 36.5 Å². The second kappa shape index (κ2) is 12.0. The first kappa shape index (κ1) is 31.1. The van der Waals surface area contributed by atoms with Gasteiger partial charge < -0.3 is 14.2 Å². The van der Waals surface area contributed by atoms with Crippen molar-refractivity contribution in [3.8, 4) is 22.4 Å². The summed E-state index contributed by atoms with van der Waals surface area (Å²) in [6.07, 6.45) is 8.84. The van der Waals surface area contributed by atoms with Crippen LogP contribution in [0.25, 0.3) is 28.5 Å². The normalized spacial score (nSPS) is 20.1. The second-order valence-electron chi connectivity index (χ2n) is 13.4. The van der Waals surface area contributed by atoms with Gasteiger partial charge in [-0.25, -0.2) is 4.39 Å². The van der Waals surface area contributed by atoms with Gasteiger partial charge in [-0.3, -0.25) is 14.5 Å². The Labute approximate surface area is 254 Å². The fourth-order valence-electron chi connectivity index (χ4n) is 6.23. The summed E-state index contributed by atoms with van der Waals surface area (Å²) in [4.78, 5) is 17.9. The van der Waals surface area contributed by atoms with E-state index in [0.29, 0.717) is 6.42 Å². The van der Waals surface area contributed by atoms with Gasteiger partial charge in [-0.2, -0.15) is 5.10 Å². The minimum Gasteiger partial charge on any atom is -0.460 e. The lowest BCUT2D eigenvalue weighted by atomic mass is 9.86. The number of aryl methyl sites for hydroxylation is 1. The SMILES string of the molecule is CC(C)c1nc2c(c(-c3ccc(F)cc3)c1C=C[C@@H]1C[C@H](CC(=O)OC(C)(C)C)OC(C)(C)O1)CCCc1c-2cnn1C. The number of rotatable bonds is 6. The fourth-order valence-corrected chi connectivity index (χ4v) is 6.23. The van der Waals surface area contributed by atoms with E-state index >= 15 is 0 Å². The van der Waals surface area contributed by atoms with Crippen LogP contribution in [0.1, 0.15) is 96.2 Å². The maximum atomic E-state index is 14.1. The number of fused-ring (bicyclic) bond motifs is 3. The van der Waals surface area contributed by atoms with Crippen LogP contribution in [0.2, 0.25) is 0 Å². The Morgan fingerprint density at radius 1 is 1.19 bits per heavy atom. The number of benzene rings is 1. The van der Waals surface area contributed by atoms with Gasteiger partial charge in [0, 0.05) is 30.3 Å². The van der Waals surface area contributed by atoms with Crippen LogP contribution in [0.4, 0.5) is 4.39 Å². The quantitative estimate of drug-likeness (QED) is 0.276. The van der Waals surface area contributed by atoms with Gasteiger partial charge in [0.15, 0.2) is 5.79 Å². The maximum absolute atomic E-state index is 14.1. The molecule has 1 fully saturated rings. The molecule has 2 aliphatic rings. The zero-order valence-corrected chi connectivity index (χ0v) is 26.7. The number of carbonyl (C=O) groups is 1. The van der Waals surface area contributed by atoms with Crippen molar-refractivity contribution in [2.45, 2.75) is 110 Å². The number of hydrogen-bond acceptors (Lipinski definition) is 6. The molecule has 0 N–H and O–H groups in total. The highest BCUT2D eigenvalue weighted by molar-refractivity contribution is 5.85. The number of ether oxygens (including phenoxy) is 3. The van der Waals surface area contributed by atoms with Crippen molar-refractivity contribution < 1.29 is 23.4 Å². The summed E-state index contributed by atoms with van der Waals surface area (Å²) in [5.74, 6) is -1.31. The van der Waals surface area contributed by atoms with E-state index < -0.39 is 11.4 Å². The number of esters is 1. The van der Waals surface area contributed by atoms with Crippen molar-refractivity contribution in [3.05, 3.63) is 64.9 Å². The summed E-state index contributed by atoms with van der Waals surface area (Å²) in [7, 11) is 1.98. The molecular formula is C35H44FN3O4. The standard InChI is InChI=1S/C35H44FN3O4/c1-21(2)32-27(17-16-24-18-25(42-35(6,7)41-24)19-30(40)43-34(3,4)5)31(22-12-14-23(36)15-13-22)26-10-9-11-29-28(33(26)38-32)20-37-39(29)8/h12-17,20-21,24-25H,9-11,18-19H2,1-8H3/t24-,25-/m1/s1. The van der Waals surface area contributed by atoms with E-state index in [0.717, 1.165) is 58.5 Å². The van der Waals surface area contributed by atoms with Crippen molar-refractivity contribution in [2.24, 2.45) is 7.05 Å². The molecule has 43 heavy (non-hydrogen) atoms. The number of halogens is 1. The third-order valence-electron chi connectivity index (χ3n) is 7.87. The van der Waals surface area contributed by atoms with Crippen molar-refractivity contribution in [1.29, 1.82) is 0 Å². The van der Waals surface area contributed by atoms with Crippen LogP contribution < -0.4 is 0 Å².